The van der Waals surface area contributed by atoms with Gasteiger partial charge in [-0.2, -0.15) is 0 Å². The Hall–Kier alpha value is -1.25. The summed E-state index contributed by atoms with van der Waals surface area (Å²) in [5.74, 6) is 1.02. The van der Waals surface area contributed by atoms with E-state index >= 15 is 0 Å². The summed E-state index contributed by atoms with van der Waals surface area (Å²) in [6.45, 7) is 6.58. The summed E-state index contributed by atoms with van der Waals surface area (Å²) in [6.07, 6.45) is 6.63. The van der Waals surface area contributed by atoms with E-state index in [9.17, 15) is 0 Å². The first-order valence-electron chi connectivity index (χ1n) is 6.24. The van der Waals surface area contributed by atoms with Gasteiger partial charge >= 0.3 is 0 Å². The van der Waals surface area contributed by atoms with Gasteiger partial charge in [-0.05, 0) is 18.9 Å². The van der Waals surface area contributed by atoms with Crippen LogP contribution in [0.15, 0.2) is 18.3 Å². The number of pyridine rings is 1. The van der Waals surface area contributed by atoms with Crippen LogP contribution in [0.4, 0.5) is 11.5 Å². The van der Waals surface area contributed by atoms with Crippen LogP contribution >= 0.6 is 0 Å². The summed E-state index contributed by atoms with van der Waals surface area (Å²) in [7, 11) is 0. The third-order valence-electron chi connectivity index (χ3n) is 2.66. The van der Waals surface area contributed by atoms with Gasteiger partial charge in [0.25, 0.3) is 0 Å². The quantitative estimate of drug-likeness (QED) is 0.769. The molecule has 1 aromatic rings. The van der Waals surface area contributed by atoms with E-state index in [-0.39, 0.29) is 0 Å². The van der Waals surface area contributed by atoms with Gasteiger partial charge in [0.2, 0.25) is 0 Å². The van der Waals surface area contributed by atoms with Gasteiger partial charge in [0, 0.05) is 31.0 Å². The van der Waals surface area contributed by atoms with Crippen molar-refractivity contribution in [3.63, 3.8) is 0 Å². The van der Waals surface area contributed by atoms with Crippen LogP contribution in [0.5, 0.6) is 0 Å². The number of hydrogen-bond acceptors (Lipinski definition) is 3. The summed E-state index contributed by atoms with van der Waals surface area (Å²) in [5, 5.41) is 0. The molecule has 0 aromatic carbocycles. The van der Waals surface area contributed by atoms with Crippen LogP contribution in [0.3, 0.4) is 0 Å². The molecule has 0 spiro atoms. The van der Waals surface area contributed by atoms with Gasteiger partial charge < -0.3 is 10.6 Å². The molecule has 0 bridgehead atoms. The summed E-state index contributed by atoms with van der Waals surface area (Å²) >= 11 is 0. The zero-order valence-electron chi connectivity index (χ0n) is 10.4. The predicted molar refractivity (Wildman–Crippen MR) is 70.7 cm³/mol. The Bertz CT molecular complexity index is 291. The molecule has 0 fully saturated rings. The van der Waals surface area contributed by atoms with Gasteiger partial charge in [-0.15, -0.1) is 0 Å². The number of aromatic nitrogens is 1. The zero-order valence-corrected chi connectivity index (χ0v) is 10.4. The van der Waals surface area contributed by atoms with E-state index in [4.69, 9.17) is 5.73 Å². The summed E-state index contributed by atoms with van der Waals surface area (Å²) in [4.78, 5) is 6.73. The van der Waals surface area contributed by atoms with Crippen LogP contribution in [0.25, 0.3) is 0 Å². The van der Waals surface area contributed by atoms with Gasteiger partial charge in [0.15, 0.2) is 0 Å². The van der Waals surface area contributed by atoms with Crippen LogP contribution in [0.1, 0.15) is 39.5 Å². The van der Waals surface area contributed by atoms with E-state index in [1.54, 1.807) is 6.20 Å². The predicted octanol–water partition coefficient (Wildman–Crippen LogP) is 3.07. The normalized spacial score (nSPS) is 10.4. The number of unbranched alkanes of at least 4 members (excludes halogenated alkanes) is 2. The average Bonchev–Trinajstić information content (AvgIpc) is 2.29. The highest BCUT2D eigenvalue weighted by molar-refractivity contribution is 5.50. The lowest BCUT2D eigenvalue weighted by Gasteiger charge is -2.23. The highest BCUT2D eigenvalue weighted by Gasteiger charge is 2.06. The van der Waals surface area contributed by atoms with Crippen LogP contribution in [0, 0.1) is 0 Å². The Labute approximate surface area is 98.7 Å². The van der Waals surface area contributed by atoms with Crippen molar-refractivity contribution in [2.75, 3.05) is 23.7 Å². The molecule has 0 unspecified atom stereocenters. The second-order valence-corrected chi connectivity index (χ2v) is 4.14. The molecule has 1 heterocycles. The third-order valence-corrected chi connectivity index (χ3v) is 2.66. The van der Waals surface area contributed by atoms with Crippen LogP contribution in [0.2, 0.25) is 0 Å². The topological polar surface area (TPSA) is 42.1 Å². The lowest BCUT2D eigenvalue weighted by Crippen LogP contribution is -2.26. The van der Waals surface area contributed by atoms with E-state index in [1.165, 1.54) is 25.7 Å². The molecule has 0 amide bonds. The molecule has 2 N–H and O–H groups in total. The molecule has 16 heavy (non-hydrogen) atoms. The van der Waals surface area contributed by atoms with Crippen molar-refractivity contribution in [1.82, 2.24) is 4.98 Å². The maximum atomic E-state index is 5.79. The Morgan fingerprint density at radius 1 is 1.19 bits per heavy atom. The first-order valence-corrected chi connectivity index (χ1v) is 6.24. The van der Waals surface area contributed by atoms with Gasteiger partial charge in [-0.1, -0.05) is 26.7 Å². The number of nitrogens with zero attached hydrogens (tertiary/aromatic N) is 2. The zero-order chi connectivity index (χ0) is 11.8. The number of hydrogen-bond donors (Lipinski definition) is 1. The molecule has 0 atom stereocenters. The third kappa shape index (κ3) is 4.09. The molecule has 0 aliphatic heterocycles. The number of nitrogen functional groups attached to an aromatic ring is 1. The van der Waals surface area contributed by atoms with E-state index < -0.39 is 0 Å². The van der Waals surface area contributed by atoms with Crippen molar-refractivity contribution < 1.29 is 0 Å². The standard InChI is InChI=1S/C13H23N3/c1-3-5-9-16(10-6-4-2)13-11-12(14)7-8-15-13/h7-8,11H,3-6,9-10H2,1-2H3,(H2,14,15). The minimum atomic E-state index is 0.794. The van der Waals surface area contributed by atoms with Crippen molar-refractivity contribution in [1.29, 1.82) is 0 Å². The van der Waals surface area contributed by atoms with Crippen molar-refractivity contribution in [3.05, 3.63) is 18.3 Å². The Balaban J connectivity index is 2.66. The summed E-state index contributed by atoms with van der Waals surface area (Å²) in [6, 6.07) is 3.80. The van der Waals surface area contributed by atoms with Crippen molar-refractivity contribution in [2.45, 2.75) is 39.5 Å². The maximum Gasteiger partial charge on any atom is 0.130 e. The van der Waals surface area contributed by atoms with Gasteiger partial charge in [-0.3, -0.25) is 0 Å². The molecule has 1 aromatic heterocycles. The average molecular weight is 221 g/mol. The highest BCUT2D eigenvalue weighted by Crippen LogP contribution is 2.15. The maximum absolute atomic E-state index is 5.79. The molecular weight excluding hydrogens is 198 g/mol. The molecular formula is C13H23N3. The molecule has 3 nitrogen and oxygen atoms in total. The Morgan fingerprint density at radius 2 is 1.81 bits per heavy atom. The molecule has 0 aliphatic carbocycles. The summed E-state index contributed by atoms with van der Waals surface area (Å²) in [5.41, 5.74) is 6.58. The van der Waals surface area contributed by atoms with Gasteiger partial charge in [0.1, 0.15) is 5.82 Å². The first kappa shape index (κ1) is 12.8. The molecule has 0 saturated carbocycles. The molecule has 0 radical (unpaired) electrons. The number of anilines is 2. The van der Waals surface area contributed by atoms with Crippen molar-refractivity contribution >= 4 is 11.5 Å². The molecule has 0 aliphatic rings. The lowest BCUT2D eigenvalue weighted by atomic mass is 10.2. The van der Waals surface area contributed by atoms with Crippen LogP contribution in [-0.2, 0) is 0 Å². The largest absolute Gasteiger partial charge is 0.399 e. The highest BCUT2D eigenvalue weighted by atomic mass is 15.2. The fourth-order valence-corrected chi connectivity index (χ4v) is 1.65. The molecule has 0 saturated heterocycles. The van der Waals surface area contributed by atoms with Crippen molar-refractivity contribution in [3.8, 4) is 0 Å². The fourth-order valence-electron chi connectivity index (χ4n) is 1.65. The SMILES string of the molecule is CCCCN(CCCC)c1cc(N)ccn1. The van der Waals surface area contributed by atoms with Crippen LogP contribution in [-0.4, -0.2) is 18.1 Å². The van der Waals surface area contributed by atoms with E-state index in [2.05, 4.69) is 23.7 Å². The summed E-state index contributed by atoms with van der Waals surface area (Å²) < 4.78 is 0. The van der Waals surface area contributed by atoms with Crippen LogP contribution < -0.4 is 10.6 Å². The van der Waals surface area contributed by atoms with E-state index in [1.807, 2.05) is 12.1 Å². The van der Waals surface area contributed by atoms with E-state index in [0.29, 0.717) is 0 Å². The molecule has 90 valence electrons. The molecule has 1 rings (SSSR count). The number of rotatable bonds is 7. The molecule has 3 heteroatoms. The smallest absolute Gasteiger partial charge is 0.130 e. The van der Waals surface area contributed by atoms with E-state index in [0.717, 1.165) is 24.6 Å². The Morgan fingerprint density at radius 3 is 2.31 bits per heavy atom. The first-order chi connectivity index (χ1) is 7.77. The number of nitrogens with two attached hydrogens (primary N) is 1. The second kappa shape index (κ2) is 7.09. The Kier molecular flexibility index (Phi) is 5.68. The fraction of sp³-hybridized carbons (Fsp3) is 0.615. The van der Waals surface area contributed by atoms with Gasteiger partial charge in [-0.25, -0.2) is 4.98 Å². The minimum absolute atomic E-state index is 0.794. The lowest BCUT2D eigenvalue weighted by molar-refractivity contribution is 0.671. The van der Waals surface area contributed by atoms with Crippen molar-refractivity contribution in [2.24, 2.45) is 0 Å². The minimum Gasteiger partial charge on any atom is -0.399 e. The van der Waals surface area contributed by atoms with Gasteiger partial charge in [0.05, 0.1) is 0 Å². The monoisotopic (exact) mass is 221 g/mol. The second-order valence-electron chi connectivity index (χ2n) is 4.14.